The number of carbonyl (C=O) groups is 3. The van der Waals surface area contributed by atoms with E-state index in [1.807, 2.05) is 73.1 Å². The molecule has 0 aliphatic carbocycles. The number of unbranched alkanes of at least 4 members (excludes halogenated alkanes) is 4. The molecular weight excluding hydrogens is 652 g/mol. The molecule has 1 saturated heterocycles. The Balaban J connectivity index is 1.23. The molecule has 0 saturated carbocycles. The molecule has 1 fully saturated rings. The Morgan fingerprint density at radius 3 is 2.04 bits per heavy atom. The molecule has 274 valence electrons. The average Bonchev–Trinajstić information content (AvgIpc) is 3.16. The maximum atomic E-state index is 13.8. The van der Waals surface area contributed by atoms with Crippen molar-refractivity contribution >= 4 is 17.8 Å². The number of hydrogen-bond acceptors (Lipinski definition) is 6. The SMILES string of the molecule is CCCCCCCOc1ccc(-c2cnc(-c3ccc(C[C@H](NC(=O)c4ccc(C(C)(C)C)cc4)C(=O)N4CCC(C(=O)O)CC4)cc3)nc2)cc1. The van der Waals surface area contributed by atoms with Crippen LogP contribution in [0.15, 0.2) is 85.2 Å². The minimum atomic E-state index is -0.836. The molecular formula is C43H52N4O5. The molecule has 1 atom stereocenters. The van der Waals surface area contributed by atoms with Gasteiger partial charge in [0.05, 0.1) is 12.5 Å². The van der Waals surface area contributed by atoms with Crippen molar-refractivity contribution in [2.45, 2.75) is 90.5 Å². The summed E-state index contributed by atoms with van der Waals surface area (Å²) in [5.41, 5.74) is 5.15. The first-order chi connectivity index (χ1) is 25.0. The minimum Gasteiger partial charge on any atom is -0.494 e. The van der Waals surface area contributed by atoms with Crippen molar-refractivity contribution in [1.82, 2.24) is 20.2 Å². The maximum Gasteiger partial charge on any atom is 0.306 e. The topological polar surface area (TPSA) is 122 Å². The van der Waals surface area contributed by atoms with Gasteiger partial charge in [0.25, 0.3) is 5.91 Å². The Morgan fingerprint density at radius 2 is 1.44 bits per heavy atom. The molecule has 5 rings (SSSR count). The highest BCUT2D eigenvalue weighted by Gasteiger charge is 2.32. The average molecular weight is 705 g/mol. The van der Waals surface area contributed by atoms with Crippen molar-refractivity contribution in [1.29, 1.82) is 0 Å². The number of carbonyl (C=O) groups excluding carboxylic acids is 2. The summed E-state index contributed by atoms with van der Waals surface area (Å²) in [6.45, 7) is 9.97. The van der Waals surface area contributed by atoms with Crippen LogP contribution in [-0.4, -0.2) is 63.5 Å². The lowest BCUT2D eigenvalue weighted by atomic mass is 9.86. The first-order valence-electron chi connectivity index (χ1n) is 18.6. The molecule has 9 nitrogen and oxygen atoms in total. The van der Waals surface area contributed by atoms with Crippen LogP contribution in [0.5, 0.6) is 5.75 Å². The fourth-order valence-electron chi connectivity index (χ4n) is 6.42. The molecule has 0 bridgehead atoms. The molecule has 0 radical (unpaired) electrons. The van der Waals surface area contributed by atoms with Crippen molar-refractivity contribution in [3.05, 3.63) is 102 Å². The number of hydrogen-bond donors (Lipinski definition) is 2. The third-order valence-corrected chi connectivity index (χ3v) is 9.78. The van der Waals surface area contributed by atoms with Crippen LogP contribution in [0.25, 0.3) is 22.5 Å². The van der Waals surface area contributed by atoms with E-state index in [0.29, 0.717) is 37.3 Å². The van der Waals surface area contributed by atoms with Crippen molar-refractivity contribution in [3.63, 3.8) is 0 Å². The van der Waals surface area contributed by atoms with E-state index in [4.69, 9.17) is 4.74 Å². The Hall–Kier alpha value is -5.05. The number of amides is 2. The summed E-state index contributed by atoms with van der Waals surface area (Å²) in [6, 6.07) is 22.3. The number of carboxylic acid groups (broad SMARTS) is 1. The van der Waals surface area contributed by atoms with Gasteiger partial charge in [-0.05, 0) is 65.6 Å². The summed E-state index contributed by atoms with van der Waals surface area (Å²) in [5, 5.41) is 12.4. The van der Waals surface area contributed by atoms with E-state index < -0.39 is 17.9 Å². The number of benzene rings is 3. The van der Waals surface area contributed by atoms with Gasteiger partial charge in [-0.25, -0.2) is 9.97 Å². The van der Waals surface area contributed by atoms with Crippen LogP contribution in [0.1, 0.15) is 94.1 Å². The molecule has 1 aromatic heterocycles. The normalized spacial score (nSPS) is 14.1. The van der Waals surface area contributed by atoms with Gasteiger partial charge in [0, 0.05) is 48.6 Å². The highest BCUT2D eigenvalue weighted by Crippen LogP contribution is 2.25. The fraction of sp³-hybridized carbons (Fsp3) is 0.419. The van der Waals surface area contributed by atoms with Crippen molar-refractivity contribution in [2.75, 3.05) is 19.7 Å². The minimum absolute atomic E-state index is 0.0520. The van der Waals surface area contributed by atoms with Crippen molar-refractivity contribution < 1.29 is 24.2 Å². The first-order valence-corrected chi connectivity index (χ1v) is 18.6. The second-order valence-electron chi connectivity index (χ2n) is 14.8. The van der Waals surface area contributed by atoms with Crippen molar-refractivity contribution in [2.24, 2.45) is 5.92 Å². The highest BCUT2D eigenvalue weighted by atomic mass is 16.5. The summed E-state index contributed by atoms with van der Waals surface area (Å²) >= 11 is 0. The smallest absolute Gasteiger partial charge is 0.306 e. The second-order valence-corrected chi connectivity index (χ2v) is 14.8. The van der Waals surface area contributed by atoms with Crippen LogP contribution in [0.4, 0.5) is 0 Å². The second kappa shape index (κ2) is 17.9. The molecule has 9 heteroatoms. The molecule has 52 heavy (non-hydrogen) atoms. The fourth-order valence-corrected chi connectivity index (χ4v) is 6.42. The van der Waals surface area contributed by atoms with Crippen LogP contribution < -0.4 is 10.1 Å². The van der Waals surface area contributed by atoms with Crippen LogP contribution in [-0.2, 0) is 21.4 Å². The van der Waals surface area contributed by atoms with Gasteiger partial charge in [-0.3, -0.25) is 14.4 Å². The zero-order chi connectivity index (χ0) is 37.1. The predicted octanol–water partition coefficient (Wildman–Crippen LogP) is 8.12. The Kier molecular flexibility index (Phi) is 13.2. The number of nitrogens with one attached hydrogen (secondary N) is 1. The maximum absolute atomic E-state index is 13.8. The molecule has 0 spiro atoms. The quantitative estimate of drug-likeness (QED) is 0.120. The van der Waals surface area contributed by atoms with E-state index in [9.17, 15) is 19.5 Å². The molecule has 1 aliphatic heterocycles. The van der Waals surface area contributed by atoms with E-state index in [1.54, 1.807) is 17.0 Å². The Bertz CT molecular complexity index is 1760. The third-order valence-electron chi connectivity index (χ3n) is 9.78. The predicted molar refractivity (Wildman–Crippen MR) is 204 cm³/mol. The number of ether oxygens (including phenoxy) is 1. The molecule has 3 aromatic carbocycles. The highest BCUT2D eigenvalue weighted by molar-refractivity contribution is 5.97. The summed E-state index contributed by atoms with van der Waals surface area (Å²) in [7, 11) is 0. The summed E-state index contributed by atoms with van der Waals surface area (Å²) in [5.74, 6) is -0.399. The number of likely N-dealkylation sites (tertiary alicyclic amines) is 1. The lowest BCUT2D eigenvalue weighted by Crippen LogP contribution is -2.52. The zero-order valence-electron chi connectivity index (χ0n) is 30.9. The number of aliphatic carboxylic acids is 1. The standard InChI is InChI=1S/C43H52N4O5/c1-5-6-7-8-9-26-52-37-20-16-31(17-21-37)35-28-44-39(45-29-35)32-12-10-30(11-13-32)27-38(41(49)47-24-22-34(23-25-47)42(50)51)46-40(48)33-14-18-36(19-15-33)43(2,3)4/h10-21,28-29,34,38H,5-9,22-27H2,1-4H3,(H,46,48)(H,50,51)/t38-/m0/s1. The summed E-state index contributed by atoms with van der Waals surface area (Å²) in [6.07, 6.45) is 10.7. The van der Waals surface area contributed by atoms with Gasteiger partial charge < -0.3 is 20.1 Å². The van der Waals surface area contributed by atoms with Crippen LogP contribution in [0.3, 0.4) is 0 Å². The lowest BCUT2D eigenvalue weighted by molar-refractivity contribution is -0.146. The Morgan fingerprint density at radius 1 is 0.827 bits per heavy atom. The summed E-state index contributed by atoms with van der Waals surface area (Å²) < 4.78 is 5.90. The summed E-state index contributed by atoms with van der Waals surface area (Å²) in [4.78, 5) is 49.7. The van der Waals surface area contributed by atoms with Crippen LogP contribution >= 0.6 is 0 Å². The van der Waals surface area contributed by atoms with E-state index in [0.717, 1.165) is 46.6 Å². The number of aromatic nitrogens is 2. The van der Waals surface area contributed by atoms with Gasteiger partial charge in [0.15, 0.2) is 5.82 Å². The van der Waals surface area contributed by atoms with Gasteiger partial charge in [-0.15, -0.1) is 0 Å². The number of carboxylic acids is 1. The molecule has 4 aromatic rings. The van der Waals surface area contributed by atoms with Gasteiger partial charge in [0.2, 0.25) is 5.91 Å². The molecule has 2 amide bonds. The number of nitrogens with zero attached hydrogens (tertiary/aromatic N) is 3. The lowest BCUT2D eigenvalue weighted by Gasteiger charge is -2.33. The molecule has 2 N–H and O–H groups in total. The molecule has 0 unspecified atom stereocenters. The van der Waals surface area contributed by atoms with Gasteiger partial charge in [-0.2, -0.15) is 0 Å². The van der Waals surface area contributed by atoms with Gasteiger partial charge in [0.1, 0.15) is 11.8 Å². The first kappa shape index (κ1) is 38.2. The van der Waals surface area contributed by atoms with Crippen LogP contribution in [0, 0.1) is 5.92 Å². The van der Waals surface area contributed by atoms with E-state index >= 15 is 0 Å². The zero-order valence-corrected chi connectivity index (χ0v) is 30.9. The molecule has 2 heterocycles. The van der Waals surface area contributed by atoms with E-state index in [-0.39, 0.29) is 23.7 Å². The number of rotatable bonds is 15. The number of piperidine rings is 1. The van der Waals surface area contributed by atoms with Gasteiger partial charge >= 0.3 is 5.97 Å². The monoisotopic (exact) mass is 704 g/mol. The largest absolute Gasteiger partial charge is 0.494 e. The molecule has 1 aliphatic rings. The van der Waals surface area contributed by atoms with E-state index in [2.05, 4.69) is 43.0 Å². The Labute approximate surface area is 307 Å². The van der Waals surface area contributed by atoms with Crippen LogP contribution in [0.2, 0.25) is 0 Å². The van der Waals surface area contributed by atoms with Gasteiger partial charge in [-0.1, -0.05) is 102 Å². The third kappa shape index (κ3) is 10.5. The van der Waals surface area contributed by atoms with Crippen molar-refractivity contribution in [3.8, 4) is 28.3 Å². The van der Waals surface area contributed by atoms with E-state index in [1.165, 1.54) is 25.7 Å².